The Bertz CT molecular complexity index is 206. The Labute approximate surface area is 66.7 Å². The van der Waals surface area contributed by atoms with Gasteiger partial charge >= 0.3 is 7.25 Å². The van der Waals surface area contributed by atoms with Gasteiger partial charge in [0.2, 0.25) is 0 Å². The summed E-state index contributed by atoms with van der Waals surface area (Å²) in [6, 6.07) is 5.67. The number of nitrogens with two attached hydrogens (primary N) is 1. The molecule has 0 atom stereocenters. The van der Waals surface area contributed by atoms with E-state index in [2.05, 4.69) is 0 Å². The third-order valence-corrected chi connectivity index (χ3v) is 0.739. The molecule has 1 rings (SSSR count). The molecule has 7 heteroatoms. The second-order valence-electron chi connectivity index (χ2n) is 1.82. The Kier molecular flexibility index (Phi) is 4.10. The van der Waals surface area contributed by atoms with Crippen LogP contribution in [0.5, 0.6) is 0 Å². The van der Waals surface area contributed by atoms with Crippen molar-refractivity contribution in [1.29, 1.82) is 0 Å². The van der Waals surface area contributed by atoms with Gasteiger partial charge in [-0.1, -0.05) is 10.7 Å². The van der Waals surface area contributed by atoms with E-state index in [4.69, 9.17) is 5.84 Å². The predicted molar refractivity (Wildman–Crippen MR) is 37.0 cm³/mol. The molecule has 0 unspecified atom stereocenters. The van der Waals surface area contributed by atoms with Gasteiger partial charge < -0.3 is 17.3 Å². The van der Waals surface area contributed by atoms with Crippen LogP contribution in [0.1, 0.15) is 0 Å². The van der Waals surface area contributed by atoms with Gasteiger partial charge in [0.25, 0.3) is 0 Å². The molecule has 0 radical (unpaired) electrons. The van der Waals surface area contributed by atoms with E-state index in [1.165, 1.54) is 4.68 Å². The number of hydrogen-bond acceptors (Lipinski definition) is 1. The van der Waals surface area contributed by atoms with E-state index < -0.39 is 7.25 Å². The number of halogens is 4. The fourth-order valence-corrected chi connectivity index (χ4v) is 0.412. The van der Waals surface area contributed by atoms with Crippen molar-refractivity contribution in [2.75, 3.05) is 5.84 Å². The second-order valence-corrected chi connectivity index (χ2v) is 1.82. The molecule has 0 saturated heterocycles. The minimum absolute atomic E-state index is 1.50. The molecule has 1 heterocycles. The molecule has 0 aromatic carbocycles. The quantitative estimate of drug-likeness (QED) is 0.275. The van der Waals surface area contributed by atoms with E-state index in [0.29, 0.717) is 0 Å². The van der Waals surface area contributed by atoms with Gasteiger partial charge in [-0.3, -0.25) is 0 Å². The van der Waals surface area contributed by atoms with Crippen molar-refractivity contribution in [2.24, 2.45) is 0 Å². The SMILES string of the molecule is F[B-](F)(F)F.N[n+]1ccccc1. The van der Waals surface area contributed by atoms with Gasteiger partial charge in [0.15, 0.2) is 12.4 Å². The van der Waals surface area contributed by atoms with Gasteiger partial charge in [-0.05, 0) is 0 Å². The summed E-state index contributed by atoms with van der Waals surface area (Å²) in [7, 11) is -6.00. The van der Waals surface area contributed by atoms with Crippen LogP contribution in [0.4, 0.5) is 17.3 Å². The van der Waals surface area contributed by atoms with Crippen molar-refractivity contribution in [3.05, 3.63) is 30.6 Å². The van der Waals surface area contributed by atoms with Crippen LogP contribution in [-0.2, 0) is 0 Å². The third kappa shape index (κ3) is 11.5. The first-order valence-corrected chi connectivity index (χ1v) is 2.98. The average molecular weight is 182 g/mol. The minimum Gasteiger partial charge on any atom is -0.418 e. The summed E-state index contributed by atoms with van der Waals surface area (Å²) in [5.41, 5.74) is 0. The molecule has 0 saturated carbocycles. The summed E-state index contributed by atoms with van der Waals surface area (Å²) in [6.07, 6.45) is 3.56. The lowest BCUT2D eigenvalue weighted by atomic mass is 10.3. The zero-order chi connectivity index (χ0) is 9.61. The summed E-state index contributed by atoms with van der Waals surface area (Å²) in [6.45, 7) is 0. The molecule has 0 bridgehead atoms. The van der Waals surface area contributed by atoms with Crippen LogP contribution in [0, 0.1) is 0 Å². The summed E-state index contributed by atoms with van der Waals surface area (Å²) >= 11 is 0. The van der Waals surface area contributed by atoms with Crippen LogP contribution < -0.4 is 10.5 Å². The number of nitrogen functional groups attached to an aromatic ring is 1. The Balaban J connectivity index is 0.000000217. The predicted octanol–water partition coefficient (Wildman–Crippen LogP) is 0.988. The maximum atomic E-state index is 9.75. The lowest BCUT2D eigenvalue weighted by molar-refractivity contribution is -0.638. The molecule has 12 heavy (non-hydrogen) atoms. The number of hydrogen-bond donors (Lipinski definition) is 1. The van der Waals surface area contributed by atoms with E-state index in [0.717, 1.165) is 0 Å². The maximum Gasteiger partial charge on any atom is 0.673 e. The molecule has 1 aromatic heterocycles. The number of aromatic nitrogens is 1. The van der Waals surface area contributed by atoms with Crippen molar-refractivity contribution in [1.82, 2.24) is 0 Å². The zero-order valence-corrected chi connectivity index (χ0v) is 6.00. The average Bonchev–Trinajstić information content (AvgIpc) is 1.85. The summed E-state index contributed by atoms with van der Waals surface area (Å²) in [4.78, 5) is 0. The van der Waals surface area contributed by atoms with Gasteiger partial charge in [0.1, 0.15) is 0 Å². The lowest BCUT2D eigenvalue weighted by Gasteiger charge is -1.94. The van der Waals surface area contributed by atoms with Crippen LogP contribution in [0.15, 0.2) is 30.6 Å². The van der Waals surface area contributed by atoms with Crippen LogP contribution >= 0.6 is 0 Å². The van der Waals surface area contributed by atoms with Gasteiger partial charge in [-0.25, -0.2) is 5.84 Å². The molecule has 0 amide bonds. The fourth-order valence-electron chi connectivity index (χ4n) is 0.412. The van der Waals surface area contributed by atoms with Crippen LogP contribution in [0.25, 0.3) is 0 Å². The first-order valence-electron chi connectivity index (χ1n) is 2.98. The Morgan fingerprint density at radius 1 is 0.917 bits per heavy atom. The molecular weight excluding hydrogens is 175 g/mol. The molecule has 2 N–H and O–H groups in total. The highest BCUT2D eigenvalue weighted by Gasteiger charge is 2.20. The molecule has 0 spiro atoms. The minimum atomic E-state index is -6.00. The van der Waals surface area contributed by atoms with Gasteiger partial charge in [0.05, 0.1) is 0 Å². The van der Waals surface area contributed by atoms with E-state index >= 15 is 0 Å². The van der Waals surface area contributed by atoms with Crippen LogP contribution in [0.2, 0.25) is 0 Å². The van der Waals surface area contributed by atoms with Crippen molar-refractivity contribution < 1.29 is 21.9 Å². The summed E-state index contributed by atoms with van der Waals surface area (Å²) in [5.74, 6) is 5.27. The highest BCUT2D eigenvalue weighted by atomic mass is 19.5. The smallest absolute Gasteiger partial charge is 0.418 e. The second kappa shape index (κ2) is 4.58. The standard InChI is InChI=1S/C5H7N2.BF4/c6-7-4-2-1-3-5-7;2-1(3,4)5/h1-5H,6H2;/q+1;-1. The van der Waals surface area contributed by atoms with Gasteiger partial charge in [0, 0.05) is 12.1 Å². The first kappa shape index (κ1) is 10.7. The van der Waals surface area contributed by atoms with Crippen molar-refractivity contribution >= 4 is 7.25 Å². The molecule has 2 nitrogen and oxygen atoms in total. The zero-order valence-electron chi connectivity index (χ0n) is 6.00. The Hall–Kier alpha value is -1.27. The van der Waals surface area contributed by atoms with Crippen molar-refractivity contribution in [3.63, 3.8) is 0 Å². The molecule has 0 aliphatic carbocycles. The molecule has 1 aromatic rings. The highest BCUT2D eigenvalue weighted by Crippen LogP contribution is 2.06. The normalized spacial score (nSPS) is 10.0. The summed E-state index contributed by atoms with van der Waals surface area (Å²) in [5, 5.41) is 0. The highest BCUT2D eigenvalue weighted by molar-refractivity contribution is 6.50. The molecular formula is C5H7BF4N2. The van der Waals surface area contributed by atoms with Gasteiger partial charge in [-0.2, -0.15) is 0 Å². The number of rotatable bonds is 0. The fraction of sp³-hybridized carbons (Fsp3) is 0. The Morgan fingerprint density at radius 2 is 1.25 bits per heavy atom. The van der Waals surface area contributed by atoms with E-state index in [1.807, 2.05) is 18.2 Å². The maximum absolute atomic E-state index is 9.75. The Morgan fingerprint density at radius 3 is 1.42 bits per heavy atom. The molecule has 0 aliphatic heterocycles. The monoisotopic (exact) mass is 182 g/mol. The molecule has 0 fully saturated rings. The van der Waals surface area contributed by atoms with E-state index in [1.54, 1.807) is 12.4 Å². The van der Waals surface area contributed by atoms with Crippen LogP contribution in [-0.4, -0.2) is 7.25 Å². The first-order chi connectivity index (χ1) is 5.39. The topological polar surface area (TPSA) is 29.9 Å². The van der Waals surface area contributed by atoms with E-state index in [-0.39, 0.29) is 0 Å². The third-order valence-electron chi connectivity index (χ3n) is 0.739. The number of nitrogens with zero attached hydrogens (tertiary/aromatic N) is 1. The van der Waals surface area contributed by atoms with Crippen molar-refractivity contribution in [2.45, 2.75) is 0 Å². The van der Waals surface area contributed by atoms with Crippen molar-refractivity contribution in [3.8, 4) is 0 Å². The largest absolute Gasteiger partial charge is 0.673 e. The van der Waals surface area contributed by atoms with E-state index in [9.17, 15) is 17.3 Å². The molecule has 68 valence electrons. The molecule has 0 aliphatic rings. The summed E-state index contributed by atoms with van der Waals surface area (Å²) < 4.78 is 40.5. The lowest BCUT2D eigenvalue weighted by Crippen LogP contribution is -2.42. The van der Waals surface area contributed by atoms with Gasteiger partial charge in [-0.15, -0.1) is 0 Å². The van der Waals surface area contributed by atoms with Crippen LogP contribution in [0.3, 0.4) is 0 Å². The number of pyridine rings is 1.